The second kappa shape index (κ2) is 15.6. The molecule has 0 saturated heterocycles. The largest absolute Gasteiger partial charge is 0.455 e. The van der Waals surface area contributed by atoms with Crippen LogP contribution in [0, 0.1) is 17.2 Å². The zero-order chi connectivity index (χ0) is 38.7. The second-order valence-corrected chi connectivity index (χ2v) is 14.8. The highest BCUT2D eigenvalue weighted by atomic mass is 16.3. The fraction of sp³-hybridized carbons (Fsp3) is 0.111. The van der Waals surface area contributed by atoms with Gasteiger partial charge in [-0.2, -0.15) is 5.26 Å². The van der Waals surface area contributed by atoms with Crippen molar-refractivity contribution in [2.24, 2.45) is 10.9 Å². The molecule has 57 heavy (non-hydrogen) atoms. The summed E-state index contributed by atoms with van der Waals surface area (Å²) in [6, 6.07) is 55.5. The molecule has 1 heterocycles. The van der Waals surface area contributed by atoms with Gasteiger partial charge >= 0.3 is 0 Å². The van der Waals surface area contributed by atoms with E-state index < -0.39 is 0 Å². The van der Waals surface area contributed by atoms with Crippen molar-refractivity contribution in [3.63, 3.8) is 0 Å². The Hall–Kier alpha value is -7.02. The Morgan fingerprint density at radius 3 is 2.09 bits per heavy atom. The van der Waals surface area contributed by atoms with Crippen molar-refractivity contribution in [1.29, 1.82) is 5.26 Å². The van der Waals surface area contributed by atoms with Crippen molar-refractivity contribution in [3.8, 4) is 39.4 Å². The standard InChI is InChI=1S/C54H42N2O/c1-3-10-51(56-52-29-27-39(22-21-37(52)4-2)38-11-6-5-7-12-38)47-14-8-13-41(33-47)42-23-24-44-32-45(26-25-43(44)31-42)46-28-30-53-50(34-46)49-16-9-15-48(54(49)57-53)40-19-17-36(35-55)18-20-40/h5-20,22-34,37H,3-4,21H2,1-2H3/b51-10-,56-52-. The highest BCUT2D eigenvalue weighted by molar-refractivity contribution is 6.11. The molecule has 0 N–H and O–H groups in total. The Morgan fingerprint density at radius 1 is 0.667 bits per heavy atom. The van der Waals surface area contributed by atoms with Crippen LogP contribution in [0.15, 0.2) is 185 Å². The van der Waals surface area contributed by atoms with Crippen LogP contribution in [0.5, 0.6) is 0 Å². The van der Waals surface area contributed by atoms with Gasteiger partial charge in [-0.1, -0.05) is 141 Å². The molecule has 7 aromatic carbocycles. The maximum absolute atomic E-state index is 9.26. The summed E-state index contributed by atoms with van der Waals surface area (Å²) in [5.74, 6) is 0.366. The molecule has 1 unspecified atom stereocenters. The summed E-state index contributed by atoms with van der Waals surface area (Å²) in [6.45, 7) is 4.44. The number of furan rings is 1. The third-order valence-corrected chi connectivity index (χ3v) is 11.2. The van der Waals surface area contributed by atoms with Gasteiger partial charge in [0, 0.05) is 33.5 Å². The number of hydrogen-bond donors (Lipinski definition) is 0. The first-order chi connectivity index (χ1) is 28.1. The fourth-order valence-corrected chi connectivity index (χ4v) is 8.07. The first-order valence-corrected chi connectivity index (χ1v) is 19.9. The SMILES string of the molecule is CC/C=C(\N=C1\C=CC(c2ccccc2)=CCC1CC)c1cccc(-c2ccc3cc(-c4ccc5oc6c(-c7ccc(C#N)cc7)cccc6c5c4)ccc3c2)c1. The highest BCUT2D eigenvalue weighted by Crippen LogP contribution is 2.38. The van der Waals surface area contributed by atoms with Gasteiger partial charge in [0.05, 0.1) is 17.3 Å². The molecule has 3 heteroatoms. The lowest BCUT2D eigenvalue weighted by molar-refractivity contribution is 0.670. The van der Waals surface area contributed by atoms with E-state index in [2.05, 4.69) is 172 Å². The van der Waals surface area contributed by atoms with Crippen molar-refractivity contribution < 1.29 is 4.42 Å². The number of nitrogens with zero attached hydrogens (tertiary/aromatic N) is 2. The lowest BCUT2D eigenvalue weighted by atomic mass is 9.95. The molecule has 1 atom stereocenters. The van der Waals surface area contributed by atoms with Crippen LogP contribution in [-0.2, 0) is 0 Å². The van der Waals surface area contributed by atoms with Crippen molar-refractivity contribution >= 4 is 49.7 Å². The molecule has 8 aromatic rings. The molecule has 0 spiro atoms. The van der Waals surface area contributed by atoms with Crippen molar-refractivity contribution in [3.05, 3.63) is 193 Å². The van der Waals surface area contributed by atoms with Gasteiger partial charge in [-0.15, -0.1) is 0 Å². The Kier molecular flexibility index (Phi) is 9.77. The molecule has 0 fully saturated rings. The molecule has 0 aliphatic heterocycles. The summed E-state index contributed by atoms with van der Waals surface area (Å²) in [5, 5.41) is 13.8. The van der Waals surface area contributed by atoms with Gasteiger partial charge < -0.3 is 4.42 Å². The van der Waals surface area contributed by atoms with Crippen LogP contribution < -0.4 is 0 Å². The molecule has 0 saturated carbocycles. The summed E-state index contributed by atoms with van der Waals surface area (Å²) in [4.78, 5) is 5.36. The summed E-state index contributed by atoms with van der Waals surface area (Å²) in [5.41, 5.74) is 14.9. The molecule has 1 aromatic heterocycles. The second-order valence-electron chi connectivity index (χ2n) is 14.8. The lowest BCUT2D eigenvalue weighted by Crippen LogP contribution is -2.10. The van der Waals surface area contributed by atoms with E-state index in [0.717, 1.165) is 80.4 Å². The first kappa shape index (κ1) is 35.7. The van der Waals surface area contributed by atoms with Crippen LogP contribution in [-0.4, -0.2) is 5.71 Å². The Balaban J connectivity index is 1.000. The predicted molar refractivity (Wildman–Crippen MR) is 240 cm³/mol. The van der Waals surface area contributed by atoms with Crippen LogP contribution in [0.25, 0.3) is 77.4 Å². The van der Waals surface area contributed by atoms with E-state index in [4.69, 9.17) is 9.41 Å². The maximum atomic E-state index is 9.26. The number of rotatable bonds is 8. The van der Waals surface area contributed by atoms with Gasteiger partial charge in [0.25, 0.3) is 0 Å². The van der Waals surface area contributed by atoms with E-state index in [-0.39, 0.29) is 0 Å². The lowest BCUT2D eigenvalue weighted by Gasteiger charge is -2.14. The molecule has 3 nitrogen and oxygen atoms in total. The van der Waals surface area contributed by atoms with Gasteiger partial charge in [-0.25, -0.2) is 0 Å². The normalized spacial score (nSPS) is 15.2. The molecule has 0 amide bonds. The highest BCUT2D eigenvalue weighted by Gasteiger charge is 2.17. The summed E-state index contributed by atoms with van der Waals surface area (Å²) < 4.78 is 6.44. The molecule has 1 aliphatic rings. The molecule has 9 rings (SSSR count). The Bertz CT molecular complexity index is 2950. The van der Waals surface area contributed by atoms with Crippen molar-refractivity contribution in [2.45, 2.75) is 33.1 Å². The predicted octanol–water partition coefficient (Wildman–Crippen LogP) is 14.9. The number of para-hydroxylation sites is 1. The topological polar surface area (TPSA) is 49.3 Å². The number of nitriles is 1. The number of allylic oxidation sites excluding steroid dienone is 5. The van der Waals surface area contributed by atoms with Gasteiger partial charge in [-0.05, 0) is 118 Å². The summed E-state index contributed by atoms with van der Waals surface area (Å²) >= 11 is 0. The number of fused-ring (bicyclic) bond motifs is 4. The van der Waals surface area contributed by atoms with E-state index in [1.54, 1.807) is 0 Å². The number of benzene rings is 7. The third kappa shape index (κ3) is 7.15. The van der Waals surface area contributed by atoms with E-state index in [0.29, 0.717) is 11.5 Å². The van der Waals surface area contributed by atoms with Crippen molar-refractivity contribution in [2.75, 3.05) is 0 Å². The molecule has 1 aliphatic carbocycles. The van der Waals surface area contributed by atoms with Crippen LogP contribution in [0.2, 0.25) is 0 Å². The zero-order valence-electron chi connectivity index (χ0n) is 32.2. The molecular weight excluding hydrogens is 693 g/mol. The average Bonchev–Trinajstić information content (AvgIpc) is 3.52. The molecule has 0 bridgehead atoms. The fourth-order valence-electron chi connectivity index (χ4n) is 8.07. The Morgan fingerprint density at radius 2 is 1.35 bits per heavy atom. The van der Waals surface area contributed by atoms with E-state index in [1.807, 2.05) is 24.3 Å². The average molecular weight is 735 g/mol. The summed E-state index contributed by atoms with van der Waals surface area (Å²) in [7, 11) is 0. The van der Waals surface area contributed by atoms with Crippen LogP contribution in [0.4, 0.5) is 0 Å². The minimum atomic E-state index is 0.366. The van der Waals surface area contributed by atoms with E-state index in [1.165, 1.54) is 33.0 Å². The maximum Gasteiger partial charge on any atom is 0.143 e. The van der Waals surface area contributed by atoms with Gasteiger partial charge in [0.15, 0.2) is 0 Å². The monoisotopic (exact) mass is 734 g/mol. The third-order valence-electron chi connectivity index (χ3n) is 11.2. The van der Waals surface area contributed by atoms with Crippen LogP contribution in [0.3, 0.4) is 0 Å². The minimum Gasteiger partial charge on any atom is -0.455 e. The Labute approximate surface area is 334 Å². The minimum absolute atomic E-state index is 0.366. The first-order valence-electron chi connectivity index (χ1n) is 19.9. The number of hydrogen-bond acceptors (Lipinski definition) is 3. The van der Waals surface area contributed by atoms with E-state index in [9.17, 15) is 5.26 Å². The van der Waals surface area contributed by atoms with Crippen LogP contribution >= 0.6 is 0 Å². The van der Waals surface area contributed by atoms with E-state index >= 15 is 0 Å². The van der Waals surface area contributed by atoms with Gasteiger partial charge in [0.2, 0.25) is 0 Å². The summed E-state index contributed by atoms with van der Waals surface area (Å²) in [6.07, 6.45) is 12.0. The van der Waals surface area contributed by atoms with Gasteiger partial charge in [0.1, 0.15) is 11.2 Å². The van der Waals surface area contributed by atoms with Crippen LogP contribution in [0.1, 0.15) is 49.8 Å². The zero-order valence-corrected chi connectivity index (χ0v) is 32.2. The molecule has 0 radical (unpaired) electrons. The molecular formula is C54H42N2O. The van der Waals surface area contributed by atoms with Crippen molar-refractivity contribution in [1.82, 2.24) is 0 Å². The van der Waals surface area contributed by atoms with Gasteiger partial charge in [-0.3, -0.25) is 4.99 Å². The smallest absolute Gasteiger partial charge is 0.143 e. The molecule has 274 valence electrons. The number of aliphatic imine (C=N–C) groups is 1. The quantitative estimate of drug-likeness (QED) is 0.156.